The van der Waals surface area contributed by atoms with E-state index in [2.05, 4.69) is 10.2 Å². The van der Waals surface area contributed by atoms with Crippen LogP contribution in [0.2, 0.25) is 0 Å². The molecule has 10 heteroatoms. The molecule has 1 N–H and O–H groups in total. The third-order valence-electron chi connectivity index (χ3n) is 3.65. The summed E-state index contributed by atoms with van der Waals surface area (Å²) in [5.41, 5.74) is 0.111. The van der Waals surface area contributed by atoms with Crippen LogP contribution >= 0.6 is 0 Å². The highest BCUT2D eigenvalue weighted by atomic mass is 32.2. The van der Waals surface area contributed by atoms with Crippen LogP contribution in [-0.2, 0) is 30.9 Å². The number of sulfonamides is 1. The van der Waals surface area contributed by atoms with Crippen molar-refractivity contribution < 1.29 is 32.0 Å². The lowest BCUT2D eigenvalue weighted by Crippen LogP contribution is -2.35. The summed E-state index contributed by atoms with van der Waals surface area (Å²) in [5.74, 6) is -0.667. The van der Waals surface area contributed by atoms with Gasteiger partial charge in [-0.05, 0) is 43.3 Å². The second kappa shape index (κ2) is 8.80. The van der Waals surface area contributed by atoms with Gasteiger partial charge in [0, 0.05) is 7.05 Å². The summed E-state index contributed by atoms with van der Waals surface area (Å²) < 4.78 is 35.1. The van der Waals surface area contributed by atoms with Crippen LogP contribution in [0.5, 0.6) is 0 Å². The van der Waals surface area contributed by atoms with Crippen LogP contribution in [0.4, 0.5) is 0 Å². The fourth-order valence-electron chi connectivity index (χ4n) is 2.02. The zero-order valence-corrected chi connectivity index (χ0v) is 15.9. The Labute approximate surface area is 156 Å². The molecule has 27 heavy (non-hydrogen) atoms. The van der Waals surface area contributed by atoms with E-state index in [1.54, 1.807) is 12.1 Å². The normalized spacial score (nSPS) is 12.6. The fraction of sp³-hybridized carbons (Fsp3) is 0.294. The number of nitrogens with zero attached hydrogens (tertiary/aromatic N) is 1. The van der Waals surface area contributed by atoms with Gasteiger partial charge in [0.05, 0.1) is 30.4 Å². The number of rotatable bonds is 8. The summed E-state index contributed by atoms with van der Waals surface area (Å²) >= 11 is 0. The maximum absolute atomic E-state index is 12.1. The molecule has 0 fully saturated rings. The minimum absolute atomic E-state index is 0.0485. The van der Waals surface area contributed by atoms with Gasteiger partial charge in [-0.25, -0.2) is 13.2 Å². The Morgan fingerprint density at radius 3 is 2.44 bits per heavy atom. The van der Waals surface area contributed by atoms with Gasteiger partial charge in [0.25, 0.3) is 15.9 Å². The van der Waals surface area contributed by atoms with Crippen LogP contribution in [0.15, 0.2) is 52.0 Å². The van der Waals surface area contributed by atoms with Gasteiger partial charge in [-0.1, -0.05) is 4.47 Å². The van der Waals surface area contributed by atoms with Gasteiger partial charge in [-0.3, -0.25) is 9.63 Å². The summed E-state index contributed by atoms with van der Waals surface area (Å²) in [6.45, 7) is 1.61. The SMILES string of the molecule is CON(C)S(=O)(=O)c1ccc(C(=O)O[C@@H](C)C(=O)NCc2ccco2)cc1. The van der Waals surface area contributed by atoms with Crippen molar-refractivity contribution in [2.45, 2.75) is 24.5 Å². The lowest BCUT2D eigenvalue weighted by atomic mass is 10.2. The summed E-state index contributed by atoms with van der Waals surface area (Å²) in [4.78, 5) is 28.7. The van der Waals surface area contributed by atoms with Crippen LogP contribution in [-0.4, -0.2) is 45.0 Å². The van der Waals surface area contributed by atoms with E-state index in [0.29, 0.717) is 10.2 Å². The van der Waals surface area contributed by atoms with Crippen molar-refractivity contribution in [1.29, 1.82) is 0 Å². The molecule has 1 aromatic carbocycles. The molecule has 0 aliphatic rings. The average Bonchev–Trinajstić information content (AvgIpc) is 3.18. The van der Waals surface area contributed by atoms with Crippen LogP contribution in [0.1, 0.15) is 23.0 Å². The van der Waals surface area contributed by atoms with Gasteiger partial charge < -0.3 is 14.5 Å². The third kappa shape index (κ3) is 5.16. The summed E-state index contributed by atoms with van der Waals surface area (Å²) in [5, 5.41) is 2.58. The second-order valence-electron chi connectivity index (χ2n) is 5.47. The summed E-state index contributed by atoms with van der Waals surface area (Å²) in [7, 11) is -1.34. The minimum Gasteiger partial charge on any atom is -0.467 e. The molecule has 0 unspecified atom stereocenters. The first-order valence-corrected chi connectivity index (χ1v) is 9.34. The number of hydroxylamine groups is 1. The van der Waals surface area contributed by atoms with Crippen molar-refractivity contribution >= 4 is 21.9 Å². The molecule has 2 rings (SSSR count). The average molecular weight is 396 g/mol. The Kier molecular flexibility index (Phi) is 6.72. The van der Waals surface area contributed by atoms with Gasteiger partial charge in [-0.15, -0.1) is 0 Å². The molecule has 146 valence electrons. The molecule has 0 aliphatic carbocycles. The molecule has 0 radical (unpaired) electrons. The molecule has 9 nitrogen and oxygen atoms in total. The Balaban J connectivity index is 1.96. The van der Waals surface area contributed by atoms with Crippen molar-refractivity contribution in [1.82, 2.24) is 9.79 Å². The largest absolute Gasteiger partial charge is 0.467 e. The Morgan fingerprint density at radius 2 is 1.89 bits per heavy atom. The zero-order valence-electron chi connectivity index (χ0n) is 15.0. The first-order valence-electron chi connectivity index (χ1n) is 7.90. The Bertz CT molecular complexity index is 877. The Morgan fingerprint density at radius 1 is 1.22 bits per heavy atom. The monoisotopic (exact) mass is 396 g/mol. The van der Waals surface area contributed by atoms with E-state index in [4.69, 9.17) is 9.15 Å². The smallest absolute Gasteiger partial charge is 0.338 e. The lowest BCUT2D eigenvalue weighted by molar-refractivity contribution is -0.129. The topological polar surface area (TPSA) is 115 Å². The first kappa shape index (κ1) is 20.6. The molecule has 1 amide bonds. The van der Waals surface area contributed by atoms with Crippen molar-refractivity contribution in [2.75, 3.05) is 14.2 Å². The summed E-state index contributed by atoms with van der Waals surface area (Å²) in [6.07, 6.45) is 0.453. The fourth-order valence-corrected chi connectivity index (χ4v) is 3.00. The van der Waals surface area contributed by atoms with E-state index in [9.17, 15) is 18.0 Å². The van der Waals surface area contributed by atoms with E-state index in [1.165, 1.54) is 51.6 Å². The zero-order chi connectivity index (χ0) is 20.0. The van der Waals surface area contributed by atoms with Gasteiger partial charge in [0.2, 0.25) is 0 Å². The van der Waals surface area contributed by atoms with Crippen LogP contribution in [0.25, 0.3) is 0 Å². The van der Waals surface area contributed by atoms with Gasteiger partial charge in [-0.2, -0.15) is 0 Å². The van der Waals surface area contributed by atoms with E-state index in [0.717, 1.165) is 0 Å². The molecule has 0 aliphatic heterocycles. The Hall–Kier alpha value is -2.69. The molecule has 0 saturated carbocycles. The van der Waals surface area contributed by atoms with Crippen molar-refractivity contribution in [2.24, 2.45) is 0 Å². The first-order chi connectivity index (χ1) is 12.8. The van der Waals surface area contributed by atoms with E-state index in [-0.39, 0.29) is 17.0 Å². The van der Waals surface area contributed by atoms with Crippen molar-refractivity contribution in [3.8, 4) is 0 Å². The quantitative estimate of drug-likeness (QED) is 0.528. The lowest BCUT2D eigenvalue weighted by Gasteiger charge is -2.15. The predicted molar refractivity (Wildman–Crippen MR) is 93.8 cm³/mol. The van der Waals surface area contributed by atoms with E-state index < -0.39 is 28.0 Å². The highest BCUT2D eigenvalue weighted by Crippen LogP contribution is 2.16. The van der Waals surface area contributed by atoms with E-state index >= 15 is 0 Å². The van der Waals surface area contributed by atoms with Crippen molar-refractivity contribution in [3.05, 3.63) is 54.0 Å². The molecular formula is C17H20N2O7S. The number of carbonyl (C=O) groups excluding carboxylic acids is 2. The molecule has 1 atom stereocenters. The number of esters is 1. The molecule has 0 saturated heterocycles. The van der Waals surface area contributed by atoms with E-state index in [1.807, 2.05) is 0 Å². The molecule has 1 aromatic heterocycles. The standard InChI is InChI=1S/C17H20N2O7S/c1-12(16(20)18-11-14-5-4-10-25-14)26-17(21)13-6-8-15(9-7-13)27(22,23)19(2)24-3/h4-10,12H,11H2,1-3H3,(H,18,20)/t12-/m0/s1. The minimum atomic E-state index is -3.81. The number of furan rings is 1. The van der Waals surface area contributed by atoms with Gasteiger partial charge in [0.15, 0.2) is 6.10 Å². The number of nitrogens with one attached hydrogen (secondary N) is 1. The van der Waals surface area contributed by atoms with Crippen LogP contribution in [0.3, 0.4) is 0 Å². The number of amides is 1. The number of carbonyl (C=O) groups is 2. The molecule has 0 bridgehead atoms. The van der Waals surface area contributed by atoms with Crippen LogP contribution < -0.4 is 5.32 Å². The molecular weight excluding hydrogens is 376 g/mol. The van der Waals surface area contributed by atoms with Crippen molar-refractivity contribution in [3.63, 3.8) is 0 Å². The van der Waals surface area contributed by atoms with Gasteiger partial charge in [0.1, 0.15) is 5.76 Å². The second-order valence-corrected chi connectivity index (χ2v) is 7.40. The number of hydrogen-bond acceptors (Lipinski definition) is 7. The highest BCUT2D eigenvalue weighted by Gasteiger charge is 2.22. The maximum atomic E-state index is 12.1. The number of benzene rings is 1. The molecule has 0 spiro atoms. The third-order valence-corrected chi connectivity index (χ3v) is 5.35. The predicted octanol–water partition coefficient (Wildman–Crippen LogP) is 1.32. The van der Waals surface area contributed by atoms with Gasteiger partial charge >= 0.3 is 5.97 Å². The number of hydrogen-bond donors (Lipinski definition) is 1. The summed E-state index contributed by atoms with van der Waals surface area (Å²) in [6, 6.07) is 8.50. The van der Waals surface area contributed by atoms with Crippen LogP contribution in [0, 0.1) is 0 Å². The highest BCUT2D eigenvalue weighted by molar-refractivity contribution is 7.89. The molecule has 1 heterocycles. The maximum Gasteiger partial charge on any atom is 0.338 e. The number of ether oxygens (including phenoxy) is 1. The molecule has 2 aromatic rings.